The third-order valence-electron chi connectivity index (χ3n) is 3.76. The molecule has 0 saturated carbocycles. The first kappa shape index (κ1) is 18.7. The number of hydrogen-bond donors (Lipinski definition) is 3. The van der Waals surface area contributed by atoms with Gasteiger partial charge in [0.2, 0.25) is 5.91 Å². The fourth-order valence-electron chi connectivity index (χ4n) is 2.42. The summed E-state index contributed by atoms with van der Waals surface area (Å²) in [6.07, 6.45) is -0.911. The summed E-state index contributed by atoms with van der Waals surface area (Å²) in [5, 5.41) is 12.4. The monoisotopic (exact) mass is 351 g/mol. The van der Waals surface area contributed by atoms with Gasteiger partial charge in [0.05, 0.1) is 6.10 Å². The Kier molecular flexibility index (Phi) is 5.97. The number of rotatable bonds is 6. The number of benzene rings is 1. The van der Waals surface area contributed by atoms with Gasteiger partial charge < -0.3 is 15.4 Å². The van der Waals surface area contributed by atoms with Crippen molar-refractivity contribution in [2.24, 2.45) is 0 Å². The number of hydrogen-bond acceptors (Lipinski definition) is 4. The maximum absolute atomic E-state index is 13.1. The summed E-state index contributed by atoms with van der Waals surface area (Å²) >= 11 is 0. The van der Waals surface area contributed by atoms with Gasteiger partial charge in [0.25, 0.3) is 5.56 Å². The molecule has 0 unspecified atom stereocenters. The highest BCUT2D eigenvalue weighted by Gasteiger charge is 2.13. The normalized spacial score (nSPS) is 12.0. The van der Waals surface area contributed by atoms with Crippen molar-refractivity contribution in [3.63, 3.8) is 0 Å². The number of carbonyl (C=O) groups excluding carboxylic acids is 1. The van der Waals surface area contributed by atoms with Crippen LogP contribution in [0.2, 0.25) is 0 Å². The lowest BCUT2D eigenvalue weighted by atomic mass is 10.1. The van der Waals surface area contributed by atoms with Crippen LogP contribution in [0.25, 0.3) is 0 Å². The number of aryl methyl sites for hydroxylation is 2. The number of halogens is 2. The van der Waals surface area contributed by atoms with Gasteiger partial charge >= 0.3 is 0 Å². The highest BCUT2D eigenvalue weighted by Crippen LogP contribution is 2.15. The SMILES string of the molecule is Cc1nc(C)c(CCC(=O)NC[C@H](O)c2ccc(F)c(F)c2)c(=O)[nH]1. The Hall–Kier alpha value is -2.61. The number of carbonyl (C=O) groups is 1. The van der Waals surface area contributed by atoms with E-state index < -0.39 is 17.7 Å². The van der Waals surface area contributed by atoms with Crippen molar-refractivity contribution < 1.29 is 18.7 Å². The molecule has 0 fully saturated rings. The molecular formula is C17H19F2N3O3. The molecule has 0 aliphatic rings. The quantitative estimate of drug-likeness (QED) is 0.734. The first-order valence-corrected chi connectivity index (χ1v) is 7.74. The van der Waals surface area contributed by atoms with Gasteiger partial charge in [-0.1, -0.05) is 6.07 Å². The van der Waals surface area contributed by atoms with Crippen molar-refractivity contribution in [2.45, 2.75) is 32.8 Å². The number of amides is 1. The van der Waals surface area contributed by atoms with Crippen molar-refractivity contribution in [3.05, 3.63) is 62.8 Å². The standard InChI is InChI=1S/C17H19F2N3O3/c1-9-12(17(25)22-10(2)21-9)4-6-16(24)20-8-15(23)11-3-5-13(18)14(19)7-11/h3,5,7,15,23H,4,6,8H2,1-2H3,(H,20,24)(H,21,22,25)/t15-/m0/s1. The van der Waals surface area contributed by atoms with E-state index in [4.69, 9.17) is 0 Å². The molecule has 6 nitrogen and oxygen atoms in total. The molecule has 0 radical (unpaired) electrons. The van der Waals surface area contributed by atoms with Crippen LogP contribution in [0, 0.1) is 25.5 Å². The predicted molar refractivity (Wildman–Crippen MR) is 87.0 cm³/mol. The van der Waals surface area contributed by atoms with Crippen LogP contribution in [0.4, 0.5) is 8.78 Å². The van der Waals surface area contributed by atoms with E-state index in [2.05, 4.69) is 15.3 Å². The largest absolute Gasteiger partial charge is 0.387 e. The molecule has 0 spiro atoms. The Labute approximate surface area is 142 Å². The molecule has 2 aromatic rings. The van der Waals surface area contributed by atoms with Crippen LogP contribution in [0.1, 0.15) is 35.2 Å². The highest BCUT2D eigenvalue weighted by atomic mass is 19.2. The first-order valence-electron chi connectivity index (χ1n) is 7.74. The second-order valence-electron chi connectivity index (χ2n) is 5.71. The van der Waals surface area contributed by atoms with E-state index in [0.29, 0.717) is 17.1 Å². The van der Waals surface area contributed by atoms with Gasteiger partial charge in [-0.3, -0.25) is 9.59 Å². The van der Waals surface area contributed by atoms with Gasteiger partial charge in [0, 0.05) is 24.2 Å². The first-order chi connectivity index (χ1) is 11.8. The van der Waals surface area contributed by atoms with Gasteiger partial charge in [-0.2, -0.15) is 0 Å². The summed E-state index contributed by atoms with van der Waals surface area (Å²) in [5.74, 6) is -1.94. The lowest BCUT2D eigenvalue weighted by molar-refractivity contribution is -0.121. The van der Waals surface area contributed by atoms with E-state index in [9.17, 15) is 23.5 Å². The minimum Gasteiger partial charge on any atom is -0.387 e. The molecule has 2 rings (SSSR count). The van der Waals surface area contributed by atoms with E-state index in [0.717, 1.165) is 12.1 Å². The maximum Gasteiger partial charge on any atom is 0.254 e. The lowest BCUT2D eigenvalue weighted by Crippen LogP contribution is -2.29. The second-order valence-corrected chi connectivity index (χ2v) is 5.71. The average Bonchev–Trinajstić information content (AvgIpc) is 2.54. The van der Waals surface area contributed by atoms with E-state index in [1.54, 1.807) is 13.8 Å². The van der Waals surface area contributed by atoms with Crippen molar-refractivity contribution in [1.82, 2.24) is 15.3 Å². The summed E-state index contributed by atoms with van der Waals surface area (Å²) in [5.41, 5.74) is 0.881. The van der Waals surface area contributed by atoms with Gasteiger partial charge in [-0.05, 0) is 38.0 Å². The molecule has 1 amide bonds. The zero-order valence-electron chi connectivity index (χ0n) is 13.9. The van der Waals surface area contributed by atoms with Crippen molar-refractivity contribution in [1.29, 1.82) is 0 Å². The fraction of sp³-hybridized carbons (Fsp3) is 0.353. The van der Waals surface area contributed by atoms with Crippen LogP contribution in [-0.2, 0) is 11.2 Å². The molecular weight excluding hydrogens is 332 g/mol. The zero-order valence-corrected chi connectivity index (χ0v) is 13.9. The summed E-state index contributed by atoms with van der Waals surface area (Å²) in [4.78, 5) is 30.5. The van der Waals surface area contributed by atoms with Crippen LogP contribution in [-0.4, -0.2) is 27.5 Å². The molecule has 1 aromatic heterocycles. The minimum absolute atomic E-state index is 0.0408. The summed E-state index contributed by atoms with van der Waals surface area (Å²) in [6, 6.07) is 3.04. The topological polar surface area (TPSA) is 95.1 Å². The predicted octanol–water partition coefficient (Wildman–Crippen LogP) is 1.45. The maximum atomic E-state index is 13.1. The van der Waals surface area contributed by atoms with Gasteiger partial charge in [-0.25, -0.2) is 13.8 Å². The lowest BCUT2D eigenvalue weighted by Gasteiger charge is -2.13. The Morgan fingerprint density at radius 1 is 1.32 bits per heavy atom. The molecule has 1 heterocycles. The summed E-state index contributed by atoms with van der Waals surface area (Å²) in [7, 11) is 0. The number of H-pyrrole nitrogens is 1. The molecule has 0 bridgehead atoms. The number of nitrogens with one attached hydrogen (secondary N) is 2. The van der Waals surface area contributed by atoms with Crippen LogP contribution < -0.4 is 10.9 Å². The molecule has 25 heavy (non-hydrogen) atoms. The van der Waals surface area contributed by atoms with Crippen LogP contribution >= 0.6 is 0 Å². The van der Waals surface area contributed by atoms with Crippen molar-refractivity contribution in [3.8, 4) is 0 Å². The molecule has 3 N–H and O–H groups in total. The zero-order chi connectivity index (χ0) is 18.6. The van der Waals surface area contributed by atoms with E-state index in [-0.39, 0.29) is 36.4 Å². The fourth-order valence-corrected chi connectivity index (χ4v) is 2.42. The van der Waals surface area contributed by atoms with Crippen molar-refractivity contribution >= 4 is 5.91 Å². The number of aliphatic hydroxyl groups excluding tert-OH is 1. The summed E-state index contributed by atoms with van der Waals surface area (Å²) < 4.78 is 26.0. The molecule has 0 aliphatic carbocycles. The van der Waals surface area contributed by atoms with Crippen LogP contribution in [0.3, 0.4) is 0 Å². The van der Waals surface area contributed by atoms with Crippen LogP contribution in [0.5, 0.6) is 0 Å². The minimum atomic E-state index is -1.16. The van der Waals surface area contributed by atoms with Gasteiger partial charge in [0.15, 0.2) is 11.6 Å². The molecule has 1 atom stereocenters. The third-order valence-corrected chi connectivity index (χ3v) is 3.76. The smallest absolute Gasteiger partial charge is 0.254 e. The molecule has 0 aliphatic heterocycles. The molecule has 8 heteroatoms. The highest BCUT2D eigenvalue weighted by molar-refractivity contribution is 5.76. The third kappa shape index (κ3) is 4.93. The van der Waals surface area contributed by atoms with Crippen LogP contribution in [0.15, 0.2) is 23.0 Å². The van der Waals surface area contributed by atoms with Gasteiger partial charge in [0.1, 0.15) is 5.82 Å². The Morgan fingerprint density at radius 3 is 2.68 bits per heavy atom. The number of aromatic amines is 1. The average molecular weight is 351 g/mol. The van der Waals surface area contributed by atoms with Crippen molar-refractivity contribution in [2.75, 3.05) is 6.54 Å². The number of aromatic nitrogens is 2. The van der Waals surface area contributed by atoms with Gasteiger partial charge in [-0.15, -0.1) is 0 Å². The van der Waals surface area contributed by atoms with E-state index >= 15 is 0 Å². The Balaban J connectivity index is 1.88. The Morgan fingerprint density at radius 2 is 2.04 bits per heavy atom. The number of aliphatic hydroxyl groups is 1. The molecule has 1 aromatic carbocycles. The van der Waals surface area contributed by atoms with E-state index in [1.807, 2.05) is 0 Å². The molecule has 0 saturated heterocycles. The molecule has 134 valence electrons. The second kappa shape index (κ2) is 7.98. The number of nitrogens with zero attached hydrogens (tertiary/aromatic N) is 1. The summed E-state index contributed by atoms with van der Waals surface area (Å²) in [6.45, 7) is 3.22. The van der Waals surface area contributed by atoms with E-state index in [1.165, 1.54) is 6.07 Å². The Bertz CT molecular complexity index is 836.